The predicted octanol–water partition coefficient (Wildman–Crippen LogP) is 2.76. The second kappa shape index (κ2) is 11.5. The molecular weight excluding hydrogens is 446 g/mol. The Morgan fingerprint density at radius 1 is 1.09 bits per heavy atom. The maximum atomic E-state index is 13.4. The Kier molecular flexibility index (Phi) is 8.67. The summed E-state index contributed by atoms with van der Waals surface area (Å²) in [6, 6.07) is 13.8. The van der Waals surface area contributed by atoms with E-state index in [2.05, 4.69) is 5.32 Å². The fourth-order valence-electron chi connectivity index (χ4n) is 3.88. The molecule has 0 aliphatic heterocycles. The first kappa shape index (κ1) is 25.0. The lowest BCUT2D eigenvalue weighted by atomic mass is 9.98. The van der Waals surface area contributed by atoms with Crippen LogP contribution < -0.4 is 11.1 Å². The number of nitrogens with zero attached hydrogens (tertiary/aromatic N) is 1. The Morgan fingerprint density at radius 3 is 2.33 bits per heavy atom. The standard InChI is InChI=1S/C23H31N3O6S/c24-18-11-13-20(14-12-18)33(30,31)26(32-19-9-5-2-6-10-19)16-22(27)21(25-23(28)29)15-17-7-3-1-4-8-17/h1,3-4,7-8,11-14,19,21-22,25,27H,2,5-6,9-10,15-16,24H2,(H,28,29)/t21-,22+/m0/s1. The maximum Gasteiger partial charge on any atom is 0.404 e. The number of carboxylic acid groups (broad SMARTS) is 1. The van der Waals surface area contributed by atoms with Crippen molar-refractivity contribution in [3.05, 3.63) is 60.2 Å². The summed E-state index contributed by atoms with van der Waals surface area (Å²) in [5.74, 6) is 0. The normalized spacial score (nSPS) is 16.9. The van der Waals surface area contributed by atoms with Gasteiger partial charge in [0.2, 0.25) is 0 Å². The molecule has 10 heteroatoms. The van der Waals surface area contributed by atoms with Gasteiger partial charge in [0.25, 0.3) is 10.0 Å². The van der Waals surface area contributed by atoms with Gasteiger partial charge in [0.1, 0.15) is 0 Å². The molecule has 0 bridgehead atoms. The Morgan fingerprint density at radius 2 is 1.73 bits per heavy atom. The summed E-state index contributed by atoms with van der Waals surface area (Å²) in [5, 5.41) is 22.5. The van der Waals surface area contributed by atoms with Gasteiger partial charge >= 0.3 is 6.09 Å². The van der Waals surface area contributed by atoms with E-state index >= 15 is 0 Å². The van der Waals surface area contributed by atoms with Crippen molar-refractivity contribution in [2.75, 3.05) is 12.3 Å². The molecule has 0 heterocycles. The van der Waals surface area contributed by atoms with Crippen LogP contribution in [-0.4, -0.2) is 54.0 Å². The first-order valence-electron chi connectivity index (χ1n) is 11.0. The van der Waals surface area contributed by atoms with Crippen LogP contribution >= 0.6 is 0 Å². The van der Waals surface area contributed by atoms with Gasteiger partial charge in [-0.2, -0.15) is 0 Å². The van der Waals surface area contributed by atoms with E-state index in [0.29, 0.717) is 18.5 Å². The van der Waals surface area contributed by atoms with Crippen LogP contribution in [0.5, 0.6) is 0 Å². The number of aliphatic hydroxyl groups excluding tert-OH is 1. The average molecular weight is 478 g/mol. The van der Waals surface area contributed by atoms with Gasteiger partial charge in [0.15, 0.2) is 0 Å². The van der Waals surface area contributed by atoms with Gasteiger partial charge in [-0.25, -0.2) is 13.2 Å². The van der Waals surface area contributed by atoms with Crippen LogP contribution in [0.4, 0.5) is 10.5 Å². The monoisotopic (exact) mass is 477 g/mol. The summed E-state index contributed by atoms with van der Waals surface area (Å²) in [6.07, 6.45) is 1.58. The maximum absolute atomic E-state index is 13.4. The second-order valence-corrected chi connectivity index (χ2v) is 10.1. The zero-order chi connectivity index (χ0) is 23.8. The van der Waals surface area contributed by atoms with Crippen molar-refractivity contribution < 1.29 is 28.3 Å². The van der Waals surface area contributed by atoms with E-state index < -0.39 is 34.8 Å². The van der Waals surface area contributed by atoms with E-state index in [9.17, 15) is 23.4 Å². The number of nitrogen functional groups attached to an aromatic ring is 1. The van der Waals surface area contributed by atoms with Crippen LogP contribution in [-0.2, 0) is 21.3 Å². The van der Waals surface area contributed by atoms with Crippen LogP contribution in [0.1, 0.15) is 37.7 Å². The van der Waals surface area contributed by atoms with E-state index in [-0.39, 0.29) is 17.4 Å². The van der Waals surface area contributed by atoms with Crippen LogP contribution in [0, 0.1) is 0 Å². The molecule has 2 aromatic carbocycles. The molecule has 180 valence electrons. The van der Waals surface area contributed by atoms with E-state index in [1.165, 1.54) is 24.3 Å². The number of anilines is 1. The third-order valence-electron chi connectivity index (χ3n) is 5.67. The fraction of sp³-hybridized carbons (Fsp3) is 0.435. The van der Waals surface area contributed by atoms with Gasteiger partial charge in [-0.1, -0.05) is 54.1 Å². The number of nitrogens with two attached hydrogens (primary N) is 1. The van der Waals surface area contributed by atoms with Gasteiger partial charge in [-0.05, 0) is 49.1 Å². The zero-order valence-corrected chi connectivity index (χ0v) is 19.2. The van der Waals surface area contributed by atoms with Gasteiger partial charge < -0.3 is 21.3 Å². The highest BCUT2D eigenvalue weighted by molar-refractivity contribution is 7.89. The van der Waals surface area contributed by atoms with Crippen molar-refractivity contribution in [2.24, 2.45) is 0 Å². The van der Waals surface area contributed by atoms with Crippen molar-refractivity contribution in [3.8, 4) is 0 Å². The molecule has 2 atom stereocenters. The minimum absolute atomic E-state index is 0.0227. The minimum Gasteiger partial charge on any atom is -0.465 e. The van der Waals surface area contributed by atoms with Crippen molar-refractivity contribution >= 4 is 21.8 Å². The van der Waals surface area contributed by atoms with Crippen molar-refractivity contribution in [1.82, 2.24) is 9.79 Å². The molecule has 33 heavy (non-hydrogen) atoms. The summed E-state index contributed by atoms with van der Waals surface area (Å²) in [7, 11) is -4.13. The Balaban J connectivity index is 1.84. The largest absolute Gasteiger partial charge is 0.465 e. The van der Waals surface area contributed by atoms with Gasteiger partial charge in [0, 0.05) is 5.69 Å². The molecule has 1 aliphatic rings. The molecule has 0 radical (unpaired) electrons. The number of carbonyl (C=O) groups is 1. The van der Waals surface area contributed by atoms with Crippen LogP contribution in [0.2, 0.25) is 0 Å². The summed E-state index contributed by atoms with van der Waals surface area (Å²) in [5.41, 5.74) is 6.91. The van der Waals surface area contributed by atoms with Crippen molar-refractivity contribution in [1.29, 1.82) is 0 Å². The first-order valence-corrected chi connectivity index (χ1v) is 12.5. The van der Waals surface area contributed by atoms with Gasteiger partial charge in [0.05, 0.1) is 29.7 Å². The molecule has 5 N–H and O–H groups in total. The van der Waals surface area contributed by atoms with Gasteiger partial charge in [-0.15, -0.1) is 0 Å². The Labute approximate surface area is 194 Å². The molecule has 0 aromatic heterocycles. The van der Waals surface area contributed by atoms with Crippen LogP contribution in [0.25, 0.3) is 0 Å². The molecule has 1 amide bonds. The second-order valence-electron chi connectivity index (χ2n) is 8.24. The average Bonchev–Trinajstić information content (AvgIpc) is 2.79. The third kappa shape index (κ3) is 7.16. The zero-order valence-electron chi connectivity index (χ0n) is 18.3. The summed E-state index contributed by atoms with van der Waals surface area (Å²) < 4.78 is 27.5. The van der Waals surface area contributed by atoms with E-state index in [1.54, 1.807) is 0 Å². The summed E-state index contributed by atoms with van der Waals surface area (Å²) in [6.45, 7) is -0.430. The molecule has 2 aromatic rings. The summed E-state index contributed by atoms with van der Waals surface area (Å²) >= 11 is 0. The number of hydrogen-bond donors (Lipinski definition) is 4. The Hall–Kier alpha value is -2.66. The fourth-order valence-corrected chi connectivity index (χ4v) is 5.18. The SMILES string of the molecule is Nc1ccc(S(=O)(=O)N(C[C@@H](O)[C@H](Cc2ccccc2)NC(=O)O)OC2CCCCC2)cc1. The number of amides is 1. The molecule has 0 saturated heterocycles. The van der Waals surface area contributed by atoms with Gasteiger partial charge in [-0.3, -0.25) is 4.84 Å². The molecule has 1 saturated carbocycles. The number of nitrogens with one attached hydrogen (secondary N) is 1. The highest BCUT2D eigenvalue weighted by Gasteiger charge is 2.34. The van der Waals surface area contributed by atoms with Crippen molar-refractivity contribution in [2.45, 2.75) is 61.7 Å². The lowest BCUT2D eigenvalue weighted by molar-refractivity contribution is -0.156. The molecule has 0 spiro atoms. The molecule has 1 aliphatic carbocycles. The highest BCUT2D eigenvalue weighted by atomic mass is 32.2. The minimum atomic E-state index is -4.13. The van der Waals surface area contributed by atoms with E-state index in [4.69, 9.17) is 10.6 Å². The van der Waals surface area contributed by atoms with Crippen LogP contribution in [0.15, 0.2) is 59.5 Å². The lowest BCUT2D eigenvalue weighted by Crippen LogP contribution is -2.50. The summed E-state index contributed by atoms with van der Waals surface area (Å²) in [4.78, 5) is 17.2. The molecule has 3 rings (SSSR count). The number of hydrogen-bond acceptors (Lipinski definition) is 6. The predicted molar refractivity (Wildman–Crippen MR) is 124 cm³/mol. The molecule has 0 unspecified atom stereocenters. The first-order chi connectivity index (χ1) is 15.8. The number of sulfonamides is 1. The third-order valence-corrected chi connectivity index (χ3v) is 7.31. The highest BCUT2D eigenvalue weighted by Crippen LogP contribution is 2.25. The lowest BCUT2D eigenvalue weighted by Gasteiger charge is -2.32. The van der Waals surface area contributed by atoms with E-state index in [0.717, 1.165) is 29.3 Å². The topological polar surface area (TPSA) is 142 Å². The molecule has 1 fully saturated rings. The smallest absolute Gasteiger partial charge is 0.404 e. The number of rotatable bonds is 10. The van der Waals surface area contributed by atoms with E-state index in [1.807, 2.05) is 30.3 Å². The number of hydroxylamine groups is 1. The molecule has 9 nitrogen and oxygen atoms in total. The van der Waals surface area contributed by atoms with Crippen LogP contribution in [0.3, 0.4) is 0 Å². The number of benzene rings is 2. The number of aliphatic hydroxyl groups is 1. The quantitative estimate of drug-likeness (QED) is 0.304. The molecular formula is C23H31N3O6S. The Bertz CT molecular complexity index is 995. The van der Waals surface area contributed by atoms with Crippen molar-refractivity contribution in [3.63, 3.8) is 0 Å².